The van der Waals surface area contributed by atoms with Crippen LogP contribution in [0.3, 0.4) is 0 Å². The maximum Gasteiger partial charge on any atom is 0.264 e. The highest BCUT2D eigenvalue weighted by Gasteiger charge is 2.31. The molecule has 0 saturated carbocycles. The van der Waals surface area contributed by atoms with Gasteiger partial charge in [0.25, 0.3) is 5.91 Å². The van der Waals surface area contributed by atoms with E-state index < -0.39 is 0 Å². The molecule has 292 valence electrons. The summed E-state index contributed by atoms with van der Waals surface area (Å²) in [6.07, 6.45) is 0. The summed E-state index contributed by atoms with van der Waals surface area (Å²) in [5.74, 6) is 4.45. The normalized spacial score (nSPS) is 10.9. The summed E-state index contributed by atoms with van der Waals surface area (Å²) in [7, 11) is 12.9. The molecule has 0 bridgehead atoms. The molecule has 1 aromatic heterocycles. The molecular weight excluding hydrogens is 731 g/mol. The number of hydrogen-bond acceptors (Lipinski definition) is 10. The zero-order chi connectivity index (χ0) is 40.1. The Hall–Kier alpha value is -6.07. The van der Waals surface area contributed by atoms with Crippen LogP contribution >= 0.6 is 11.3 Å². The number of rotatable bonds is 15. The maximum atomic E-state index is 14.6. The predicted molar refractivity (Wildman–Crippen MR) is 223 cm³/mol. The van der Waals surface area contributed by atoms with E-state index in [1.54, 1.807) is 56.9 Å². The van der Waals surface area contributed by atoms with E-state index in [9.17, 15) is 4.79 Å². The molecule has 56 heavy (non-hydrogen) atoms. The molecule has 0 fully saturated rings. The number of hydrogen-bond donors (Lipinski definition) is 0. The summed E-state index contributed by atoms with van der Waals surface area (Å²) in [4.78, 5) is 17.1. The largest absolute Gasteiger partial charge is 0.493 e. The molecule has 6 aromatic rings. The lowest BCUT2D eigenvalue weighted by Crippen LogP contribution is -2.30. The molecule has 0 aliphatic heterocycles. The van der Waals surface area contributed by atoms with Crippen LogP contribution < -0.4 is 37.9 Å². The van der Waals surface area contributed by atoms with E-state index in [-0.39, 0.29) is 5.91 Å². The van der Waals surface area contributed by atoms with Crippen molar-refractivity contribution in [3.05, 3.63) is 83.1 Å². The molecule has 0 N–H and O–H groups in total. The summed E-state index contributed by atoms with van der Waals surface area (Å²) >= 11 is 1.43. The third-order valence-electron chi connectivity index (χ3n) is 9.99. The highest BCUT2D eigenvalue weighted by molar-refractivity contribution is 7.14. The van der Waals surface area contributed by atoms with Crippen LogP contribution in [0.1, 0.15) is 23.5 Å². The first-order valence-corrected chi connectivity index (χ1v) is 18.9. The van der Waals surface area contributed by atoms with Gasteiger partial charge in [0.05, 0.1) is 56.9 Å². The molecule has 0 atom stereocenters. The van der Waals surface area contributed by atoms with Crippen LogP contribution in [0.2, 0.25) is 0 Å². The molecule has 6 rings (SSSR count). The summed E-state index contributed by atoms with van der Waals surface area (Å²) in [6, 6.07) is 23.5. The Morgan fingerprint density at radius 2 is 0.786 bits per heavy atom. The Morgan fingerprint density at radius 1 is 0.464 bits per heavy atom. The van der Waals surface area contributed by atoms with Crippen molar-refractivity contribution in [2.75, 3.05) is 70.0 Å². The number of amides is 1. The van der Waals surface area contributed by atoms with Gasteiger partial charge in [-0.3, -0.25) is 4.79 Å². The molecule has 0 unspecified atom stereocenters. The lowest BCUT2D eigenvalue weighted by molar-refractivity contribution is 0.0779. The van der Waals surface area contributed by atoms with Gasteiger partial charge in [0, 0.05) is 29.2 Å². The van der Waals surface area contributed by atoms with Crippen LogP contribution in [-0.2, 0) is 0 Å². The van der Waals surface area contributed by atoms with Gasteiger partial charge in [0.15, 0.2) is 46.0 Å². The average Bonchev–Trinajstić information content (AvgIpc) is 3.69. The number of carbonyl (C=O) groups excluding carboxylic acids is 1. The number of ether oxygens (including phenoxy) is 8. The van der Waals surface area contributed by atoms with E-state index in [0.29, 0.717) is 64.0 Å². The second-order valence-electron chi connectivity index (χ2n) is 12.6. The minimum absolute atomic E-state index is 0.0629. The molecular formula is C45H47NO9S. The second kappa shape index (κ2) is 17.2. The van der Waals surface area contributed by atoms with E-state index in [1.165, 1.54) is 11.3 Å². The Bertz CT molecular complexity index is 2380. The van der Waals surface area contributed by atoms with Crippen molar-refractivity contribution in [1.29, 1.82) is 0 Å². The molecule has 0 radical (unpaired) electrons. The fourth-order valence-corrected chi connectivity index (χ4v) is 8.28. The fourth-order valence-electron chi connectivity index (χ4n) is 7.24. The average molecular weight is 778 g/mol. The molecule has 1 amide bonds. The van der Waals surface area contributed by atoms with E-state index in [0.717, 1.165) is 55.3 Å². The van der Waals surface area contributed by atoms with Crippen molar-refractivity contribution in [1.82, 2.24) is 4.90 Å². The van der Waals surface area contributed by atoms with Gasteiger partial charge in [-0.15, -0.1) is 11.3 Å². The summed E-state index contributed by atoms with van der Waals surface area (Å²) in [5, 5.41) is 3.74. The second-order valence-corrected chi connectivity index (χ2v) is 13.5. The van der Waals surface area contributed by atoms with Crippen LogP contribution in [0.5, 0.6) is 46.0 Å². The Labute approximate surface area is 332 Å². The first kappa shape index (κ1) is 39.6. The number of benzene rings is 5. The van der Waals surface area contributed by atoms with Gasteiger partial charge in [0.1, 0.15) is 4.88 Å². The van der Waals surface area contributed by atoms with Gasteiger partial charge in [0.2, 0.25) is 0 Å². The van der Waals surface area contributed by atoms with Crippen LogP contribution in [-0.4, -0.2) is 80.8 Å². The van der Waals surface area contributed by atoms with Crippen molar-refractivity contribution >= 4 is 28.0 Å². The standard InChI is InChI=1S/C45H47NO9S/c1-11-46(12-2)45(47)44-43-30(25-56-44)39(26-13-17-31(48-3)35(21-26)52-7)40(27-14-18-32(49-4)36(22-27)53-8)41(28-15-19-33(50-5)37(23-28)54-9)42(43)29-16-20-34(51-6)38(24-29)55-10/h13-25H,11-12H2,1-10H3. The SMILES string of the molecule is CCN(CC)C(=O)c1scc2c(-c3ccc(OC)c(OC)c3)c(-c3ccc(OC)c(OC)c3)c(-c3ccc(OC)c(OC)c3)c(-c3ccc(OC)c(OC)c3)c12. The van der Waals surface area contributed by atoms with Gasteiger partial charge in [-0.1, -0.05) is 24.3 Å². The van der Waals surface area contributed by atoms with Crippen LogP contribution in [0.4, 0.5) is 0 Å². The fraction of sp³-hybridized carbons (Fsp3) is 0.267. The van der Waals surface area contributed by atoms with Crippen molar-refractivity contribution in [2.24, 2.45) is 0 Å². The van der Waals surface area contributed by atoms with E-state index in [4.69, 9.17) is 37.9 Å². The van der Waals surface area contributed by atoms with E-state index >= 15 is 0 Å². The monoisotopic (exact) mass is 777 g/mol. The van der Waals surface area contributed by atoms with E-state index in [1.807, 2.05) is 91.5 Å². The van der Waals surface area contributed by atoms with E-state index in [2.05, 4.69) is 5.38 Å². The van der Waals surface area contributed by atoms with Gasteiger partial charge in [-0.25, -0.2) is 0 Å². The number of methoxy groups -OCH3 is 8. The van der Waals surface area contributed by atoms with Gasteiger partial charge in [-0.05, 0) is 107 Å². The summed E-state index contributed by atoms with van der Waals surface area (Å²) in [5.41, 5.74) is 6.69. The lowest BCUT2D eigenvalue weighted by Gasteiger charge is -2.25. The third-order valence-corrected chi connectivity index (χ3v) is 11.0. The smallest absolute Gasteiger partial charge is 0.264 e. The molecule has 0 saturated heterocycles. The first-order chi connectivity index (χ1) is 27.2. The van der Waals surface area contributed by atoms with Gasteiger partial charge in [-0.2, -0.15) is 0 Å². The Kier molecular flexibility index (Phi) is 12.1. The number of nitrogens with zero attached hydrogens (tertiary/aromatic N) is 1. The summed E-state index contributed by atoms with van der Waals surface area (Å²) < 4.78 is 46.3. The highest BCUT2D eigenvalue weighted by Crippen LogP contribution is 2.55. The molecule has 1 heterocycles. The number of carbonyl (C=O) groups is 1. The van der Waals surface area contributed by atoms with Gasteiger partial charge < -0.3 is 42.8 Å². The molecule has 0 aliphatic rings. The van der Waals surface area contributed by atoms with Gasteiger partial charge >= 0.3 is 0 Å². The van der Waals surface area contributed by atoms with Crippen molar-refractivity contribution < 1.29 is 42.7 Å². The number of thiophene rings is 1. The third kappa shape index (κ3) is 6.99. The lowest BCUT2D eigenvalue weighted by atomic mass is 9.79. The van der Waals surface area contributed by atoms with Crippen molar-refractivity contribution in [3.8, 4) is 90.5 Å². The van der Waals surface area contributed by atoms with Crippen molar-refractivity contribution in [3.63, 3.8) is 0 Å². The van der Waals surface area contributed by atoms with Crippen LogP contribution in [0, 0.1) is 0 Å². The molecule has 5 aromatic carbocycles. The zero-order valence-corrected chi connectivity index (χ0v) is 34.3. The minimum atomic E-state index is -0.0629. The van der Waals surface area contributed by atoms with Crippen LogP contribution in [0.15, 0.2) is 78.2 Å². The molecule has 0 spiro atoms. The maximum absolute atomic E-state index is 14.6. The quantitative estimate of drug-likeness (QED) is 0.101. The minimum Gasteiger partial charge on any atom is -0.493 e. The Balaban J connectivity index is 1.95. The topological polar surface area (TPSA) is 94.2 Å². The summed E-state index contributed by atoms with van der Waals surface area (Å²) in [6.45, 7) is 5.09. The molecule has 10 nitrogen and oxygen atoms in total. The molecule has 0 aliphatic carbocycles. The molecule has 11 heteroatoms. The zero-order valence-electron chi connectivity index (χ0n) is 33.4. The predicted octanol–water partition coefficient (Wildman–Crippen LogP) is 10.1. The highest BCUT2D eigenvalue weighted by atomic mass is 32.1. The number of fused-ring (bicyclic) bond motifs is 1. The van der Waals surface area contributed by atoms with Crippen molar-refractivity contribution in [2.45, 2.75) is 13.8 Å². The first-order valence-electron chi connectivity index (χ1n) is 18.1. The van der Waals surface area contributed by atoms with Crippen LogP contribution in [0.25, 0.3) is 55.3 Å². The Morgan fingerprint density at radius 3 is 1.12 bits per heavy atom.